The third kappa shape index (κ3) is 5.28. The molecule has 37 heavy (non-hydrogen) atoms. The second kappa shape index (κ2) is 11.2. The Morgan fingerprint density at radius 1 is 1.14 bits per heavy atom. The number of amides is 1. The van der Waals surface area contributed by atoms with Gasteiger partial charge in [0.15, 0.2) is 22.4 Å². The van der Waals surface area contributed by atoms with Crippen molar-refractivity contribution in [3.63, 3.8) is 0 Å². The second-order valence-corrected chi connectivity index (χ2v) is 8.49. The van der Waals surface area contributed by atoms with Crippen molar-refractivity contribution in [1.29, 1.82) is 0 Å². The van der Waals surface area contributed by atoms with E-state index in [1.807, 2.05) is 0 Å². The molecule has 192 valence electrons. The molecule has 0 unspecified atom stereocenters. The molecule has 0 aliphatic carbocycles. The summed E-state index contributed by atoms with van der Waals surface area (Å²) >= 11 is 1.20. The molecular weight excluding hydrogens is 500 g/mol. The first-order valence-corrected chi connectivity index (χ1v) is 11.7. The summed E-state index contributed by atoms with van der Waals surface area (Å²) in [4.78, 5) is 34.1. The van der Waals surface area contributed by atoms with Gasteiger partial charge in [0, 0.05) is 22.1 Å². The molecule has 12 nitrogen and oxygen atoms in total. The van der Waals surface area contributed by atoms with Crippen LogP contribution in [0.2, 0.25) is 0 Å². The summed E-state index contributed by atoms with van der Waals surface area (Å²) in [6, 6.07) is 7.26. The highest BCUT2D eigenvalue weighted by Crippen LogP contribution is 2.39. The van der Waals surface area contributed by atoms with Crippen LogP contribution >= 0.6 is 11.3 Å². The maximum atomic E-state index is 13.7. The van der Waals surface area contributed by atoms with Gasteiger partial charge in [-0.15, -0.1) is 11.3 Å². The number of aliphatic hydroxyl groups excluding tert-OH is 1. The minimum absolute atomic E-state index is 0.305. The van der Waals surface area contributed by atoms with Crippen molar-refractivity contribution in [2.24, 2.45) is 5.73 Å². The van der Waals surface area contributed by atoms with Crippen LogP contribution in [0.1, 0.15) is 15.9 Å². The van der Waals surface area contributed by atoms with Crippen LogP contribution in [0, 0.1) is 0 Å². The van der Waals surface area contributed by atoms with E-state index in [9.17, 15) is 9.59 Å². The molecule has 0 aliphatic rings. The molecule has 2 aromatic carbocycles. The van der Waals surface area contributed by atoms with Gasteiger partial charge in [-0.2, -0.15) is 5.10 Å². The van der Waals surface area contributed by atoms with Crippen LogP contribution in [-0.4, -0.2) is 70.5 Å². The van der Waals surface area contributed by atoms with Gasteiger partial charge in [0.2, 0.25) is 11.7 Å². The number of nitrogens with two attached hydrogens (primary N) is 1. The number of hydrogen-bond acceptors (Lipinski definition) is 11. The molecule has 1 amide bonds. The van der Waals surface area contributed by atoms with E-state index in [2.05, 4.69) is 20.4 Å². The molecule has 0 saturated heterocycles. The lowest BCUT2D eigenvalue weighted by Crippen LogP contribution is -2.38. The van der Waals surface area contributed by atoms with Gasteiger partial charge >= 0.3 is 0 Å². The van der Waals surface area contributed by atoms with Gasteiger partial charge in [-0.05, 0) is 24.3 Å². The lowest BCUT2D eigenvalue weighted by Gasteiger charge is -2.15. The Balaban J connectivity index is 1.74. The van der Waals surface area contributed by atoms with E-state index in [0.29, 0.717) is 50.5 Å². The van der Waals surface area contributed by atoms with Crippen molar-refractivity contribution in [3.8, 4) is 34.2 Å². The maximum absolute atomic E-state index is 13.7. The molecule has 0 bridgehead atoms. The number of aromatic nitrogens is 4. The molecule has 0 radical (unpaired) electrons. The highest BCUT2D eigenvalue weighted by atomic mass is 32.1. The first-order chi connectivity index (χ1) is 17.9. The Bertz CT molecular complexity index is 1400. The van der Waals surface area contributed by atoms with Gasteiger partial charge in [0.1, 0.15) is 18.7 Å². The Hall–Kier alpha value is -4.33. The van der Waals surface area contributed by atoms with Gasteiger partial charge in [-0.25, -0.2) is 14.6 Å². The Morgan fingerprint density at radius 2 is 1.86 bits per heavy atom. The molecule has 0 spiro atoms. The van der Waals surface area contributed by atoms with Gasteiger partial charge in [-0.3, -0.25) is 9.59 Å². The van der Waals surface area contributed by atoms with Gasteiger partial charge in [0.05, 0.1) is 39.3 Å². The van der Waals surface area contributed by atoms with Crippen molar-refractivity contribution in [3.05, 3.63) is 59.5 Å². The highest BCUT2D eigenvalue weighted by molar-refractivity contribution is 7.14. The number of anilines is 1. The molecule has 2 aromatic heterocycles. The van der Waals surface area contributed by atoms with Crippen LogP contribution in [0.3, 0.4) is 0 Å². The standard InChI is InChI=1S/C24H24N6O6S/c1-34-19-7-14(8-20(35-2)22(19)36-3)21(32)15-5-4-13(6-18(15)30-12-26-11-27-30)17-10-37-24(28-17)29-23(33)16(25)9-31/h4-8,10-12,16,31H,9,25H2,1-3H3,(H,28,29,33)/t16-/m0/s1. The summed E-state index contributed by atoms with van der Waals surface area (Å²) in [7, 11) is 4.44. The van der Waals surface area contributed by atoms with E-state index < -0.39 is 18.6 Å². The van der Waals surface area contributed by atoms with Crippen molar-refractivity contribution in [2.75, 3.05) is 33.3 Å². The van der Waals surface area contributed by atoms with Crippen molar-refractivity contribution in [2.45, 2.75) is 6.04 Å². The predicted molar refractivity (Wildman–Crippen MR) is 136 cm³/mol. The number of carbonyl (C=O) groups is 2. The SMILES string of the molecule is COc1cc(C(=O)c2ccc(-c3csc(NC(=O)[C@@H](N)CO)n3)cc2-n2cncn2)cc(OC)c1OC. The van der Waals surface area contributed by atoms with Crippen molar-refractivity contribution < 1.29 is 28.9 Å². The number of hydrogen-bond donors (Lipinski definition) is 3. The molecule has 0 fully saturated rings. The molecule has 2 heterocycles. The summed E-state index contributed by atoms with van der Waals surface area (Å²) in [6.07, 6.45) is 2.84. The van der Waals surface area contributed by atoms with E-state index in [-0.39, 0.29) is 5.78 Å². The molecule has 13 heteroatoms. The van der Waals surface area contributed by atoms with Crippen LogP contribution in [0.4, 0.5) is 5.13 Å². The number of carbonyl (C=O) groups excluding carboxylic acids is 2. The van der Waals surface area contributed by atoms with Crippen molar-refractivity contribution >= 4 is 28.2 Å². The predicted octanol–water partition coefficient (Wildman–Crippen LogP) is 1.91. The third-order valence-corrected chi connectivity index (χ3v) is 6.16. The Labute approximate surface area is 215 Å². The smallest absolute Gasteiger partial charge is 0.245 e. The number of rotatable bonds is 10. The molecule has 0 saturated carbocycles. The number of thiazole rings is 1. The summed E-state index contributed by atoms with van der Waals surface area (Å²) < 4.78 is 17.6. The van der Waals surface area contributed by atoms with Crippen LogP contribution in [-0.2, 0) is 4.79 Å². The number of ketones is 1. The number of aliphatic hydroxyl groups is 1. The van der Waals surface area contributed by atoms with Crippen LogP contribution < -0.4 is 25.3 Å². The molecule has 4 rings (SSSR count). The van der Waals surface area contributed by atoms with Crippen LogP contribution in [0.15, 0.2) is 48.4 Å². The quantitative estimate of drug-likeness (QED) is 0.261. The van der Waals surface area contributed by atoms with E-state index in [1.165, 1.54) is 50.0 Å². The minimum atomic E-state index is -1.05. The number of nitrogens with one attached hydrogen (secondary N) is 1. The van der Waals surface area contributed by atoms with Gasteiger partial charge in [-0.1, -0.05) is 6.07 Å². The first kappa shape index (κ1) is 25.8. The lowest BCUT2D eigenvalue weighted by molar-refractivity contribution is -0.118. The van der Waals surface area contributed by atoms with E-state index in [0.717, 1.165) is 0 Å². The van der Waals surface area contributed by atoms with Gasteiger partial charge < -0.3 is 30.4 Å². The zero-order valence-electron chi connectivity index (χ0n) is 20.2. The van der Waals surface area contributed by atoms with Crippen LogP contribution in [0.25, 0.3) is 16.9 Å². The van der Waals surface area contributed by atoms with E-state index in [1.54, 1.807) is 35.7 Å². The fourth-order valence-corrected chi connectivity index (χ4v) is 4.24. The topological polar surface area (TPSA) is 164 Å². The zero-order chi connectivity index (χ0) is 26.5. The minimum Gasteiger partial charge on any atom is -0.493 e. The number of nitrogens with zero attached hydrogens (tertiary/aromatic N) is 4. The highest BCUT2D eigenvalue weighted by Gasteiger charge is 2.22. The first-order valence-electron chi connectivity index (χ1n) is 10.9. The number of ether oxygens (including phenoxy) is 3. The van der Waals surface area contributed by atoms with Crippen LogP contribution in [0.5, 0.6) is 17.2 Å². The average Bonchev–Trinajstić information content (AvgIpc) is 3.63. The molecule has 1 atom stereocenters. The van der Waals surface area contributed by atoms with Crippen molar-refractivity contribution in [1.82, 2.24) is 19.7 Å². The Kier molecular flexibility index (Phi) is 7.77. The number of methoxy groups -OCH3 is 3. The largest absolute Gasteiger partial charge is 0.493 e. The van der Waals surface area contributed by atoms with E-state index >= 15 is 0 Å². The number of benzene rings is 2. The lowest BCUT2D eigenvalue weighted by atomic mass is 9.98. The second-order valence-electron chi connectivity index (χ2n) is 7.63. The zero-order valence-corrected chi connectivity index (χ0v) is 21.0. The van der Waals surface area contributed by atoms with Gasteiger partial charge in [0.25, 0.3) is 0 Å². The molecular formula is C24H24N6O6S. The third-order valence-electron chi connectivity index (χ3n) is 5.40. The maximum Gasteiger partial charge on any atom is 0.245 e. The summed E-state index contributed by atoms with van der Waals surface area (Å²) in [5, 5.41) is 17.9. The summed E-state index contributed by atoms with van der Waals surface area (Å²) in [5.41, 5.74) is 7.92. The normalized spacial score (nSPS) is 11.6. The monoisotopic (exact) mass is 524 g/mol. The fourth-order valence-electron chi connectivity index (χ4n) is 3.52. The summed E-state index contributed by atoms with van der Waals surface area (Å²) in [6.45, 7) is -0.479. The molecule has 4 N–H and O–H groups in total. The Morgan fingerprint density at radius 3 is 2.46 bits per heavy atom. The average molecular weight is 525 g/mol. The fraction of sp³-hybridized carbons (Fsp3) is 0.208. The summed E-state index contributed by atoms with van der Waals surface area (Å²) in [5.74, 6) is 0.225. The van der Waals surface area contributed by atoms with E-state index in [4.69, 9.17) is 25.1 Å². The molecule has 0 aliphatic heterocycles. The molecule has 4 aromatic rings.